The lowest BCUT2D eigenvalue weighted by molar-refractivity contribution is -0.138. The first-order valence-corrected chi connectivity index (χ1v) is 26.7. The average molecular weight is 1160 g/mol. The molecule has 0 unspecified atom stereocenters. The van der Waals surface area contributed by atoms with Crippen molar-refractivity contribution < 1.29 is 68.3 Å². The van der Waals surface area contributed by atoms with Crippen LogP contribution in [0.4, 0.5) is 17.1 Å². The topological polar surface area (TPSA) is 439 Å². The monoisotopic (exact) mass is 1160 g/mol. The highest BCUT2D eigenvalue weighted by Gasteiger charge is 2.19. The van der Waals surface area contributed by atoms with Crippen molar-refractivity contribution in [3.05, 3.63) is 79.4 Å². The number of pyridine rings is 4. The van der Waals surface area contributed by atoms with Crippen LogP contribution in [-0.2, 0) is 54.3 Å². The third-order valence-corrected chi connectivity index (χ3v) is 11.6. The van der Waals surface area contributed by atoms with E-state index >= 15 is 0 Å². The molecule has 0 saturated carbocycles. The van der Waals surface area contributed by atoms with Crippen molar-refractivity contribution in [2.75, 3.05) is 62.1 Å². The maximum atomic E-state index is 12.7. The lowest BCUT2D eigenvalue weighted by atomic mass is 10.0. The molecule has 30 nitrogen and oxygen atoms in total. The summed E-state index contributed by atoms with van der Waals surface area (Å²) >= 11 is 0. The van der Waals surface area contributed by atoms with Gasteiger partial charge in [0.2, 0.25) is 46.9 Å². The van der Waals surface area contributed by atoms with Crippen LogP contribution in [0, 0.1) is 0 Å². The minimum Gasteiger partial charge on any atom is -0.481 e. The molecule has 6 rings (SSSR count). The van der Waals surface area contributed by atoms with Crippen molar-refractivity contribution in [1.82, 2.24) is 66.0 Å². The number of carbonyl (C=O) groups is 8. The lowest BCUT2D eigenvalue weighted by Crippen LogP contribution is -2.27. The number of ketones is 2. The van der Waals surface area contributed by atoms with E-state index in [9.17, 15) is 38.4 Å². The largest absolute Gasteiger partial charge is 0.481 e. The molecule has 0 aliphatic carbocycles. The van der Waals surface area contributed by atoms with Gasteiger partial charge in [0, 0.05) is 131 Å². The maximum absolute atomic E-state index is 12.7. The molecule has 8 N–H and O–H groups in total. The molecular formula is C54H64N16O14. The van der Waals surface area contributed by atoms with Crippen molar-refractivity contribution in [2.24, 2.45) is 0 Å². The van der Waals surface area contributed by atoms with Gasteiger partial charge in [-0.2, -0.15) is 0 Å². The van der Waals surface area contributed by atoms with Crippen LogP contribution in [-0.4, -0.2) is 174 Å². The molecule has 0 spiro atoms. The van der Waals surface area contributed by atoms with Gasteiger partial charge in [0.1, 0.15) is 11.6 Å². The molecule has 6 aromatic rings. The SMILES string of the molecule is O=C(CCCOCCO)CCCC(=O)Cc1cnccc1-c1nnc(-c2ccncc2NC(=O)CCCC(=O)NCCOCCO)nn1.O=C(O)CCCC(=O)Nc1cnccc1-c1nnc(-c2ccncc2NC(=O)CCCC(=O)O)nn1. The van der Waals surface area contributed by atoms with E-state index in [-0.39, 0.29) is 149 Å². The van der Waals surface area contributed by atoms with Crippen LogP contribution in [0.2, 0.25) is 0 Å². The number of aromatic nitrogens is 12. The van der Waals surface area contributed by atoms with E-state index < -0.39 is 11.9 Å². The van der Waals surface area contributed by atoms with Gasteiger partial charge in [-0.25, -0.2) is 0 Å². The minimum absolute atomic E-state index is 0.0176. The molecular weight excluding hydrogens is 1100 g/mol. The van der Waals surface area contributed by atoms with Gasteiger partial charge in [-0.15, -0.1) is 40.8 Å². The molecule has 30 heteroatoms. The number of Topliss-reactive ketones (excluding diaryl/α,β-unsaturated/α-hetero) is 2. The number of amides is 4. The number of carbonyl (C=O) groups excluding carboxylic acids is 6. The average Bonchev–Trinajstić information content (AvgIpc) is 3.69. The van der Waals surface area contributed by atoms with Gasteiger partial charge in [0.15, 0.2) is 0 Å². The summed E-state index contributed by atoms with van der Waals surface area (Å²) in [4.78, 5) is 111. The van der Waals surface area contributed by atoms with Crippen LogP contribution in [0.5, 0.6) is 0 Å². The fourth-order valence-corrected chi connectivity index (χ4v) is 7.56. The summed E-state index contributed by atoms with van der Waals surface area (Å²) in [5, 5.41) is 78.8. The molecule has 0 saturated heterocycles. The normalized spacial score (nSPS) is 10.7. The molecule has 0 aliphatic heterocycles. The van der Waals surface area contributed by atoms with Gasteiger partial charge in [-0.1, -0.05) is 0 Å². The summed E-state index contributed by atoms with van der Waals surface area (Å²) in [5.41, 5.74) is 3.39. The number of anilines is 3. The Bertz CT molecular complexity index is 2920. The summed E-state index contributed by atoms with van der Waals surface area (Å²) in [7, 11) is 0. The number of hydrogen-bond donors (Lipinski definition) is 8. The third-order valence-electron chi connectivity index (χ3n) is 11.6. The fraction of sp³-hybridized carbons (Fsp3) is 0.407. The van der Waals surface area contributed by atoms with E-state index in [0.717, 1.165) is 0 Å². The Hall–Kier alpha value is -9.52. The Kier molecular flexibility index (Phi) is 28.6. The van der Waals surface area contributed by atoms with Crippen molar-refractivity contribution in [2.45, 2.75) is 96.3 Å². The highest BCUT2D eigenvalue weighted by Crippen LogP contribution is 2.28. The minimum atomic E-state index is -0.981. The third kappa shape index (κ3) is 23.9. The highest BCUT2D eigenvalue weighted by atomic mass is 16.5. The number of ether oxygens (including phenoxy) is 2. The molecule has 0 fully saturated rings. The zero-order valence-corrected chi connectivity index (χ0v) is 45.7. The molecule has 0 aliphatic rings. The van der Waals surface area contributed by atoms with Crippen LogP contribution in [0.15, 0.2) is 73.8 Å². The standard InChI is InChI=1S/C32H42N8O8.C22H22N8O6/c41-14-18-47-16-3-6-24(43)4-1-5-25(44)20-23-21-33-11-9-26(23)31-37-39-32(40-38-31)27-10-12-34-22-28(27)36-30(46)8-2-7-29(45)35-13-17-48-19-15-42;31-17(3-1-5-19(33)34)25-15-11-23-9-7-13(15)21-27-29-22(30-28-21)14-8-10-24-12-16(14)26-18(32)4-2-6-20(35)36/h9-12,21-22,41-42H,1-8,13-20H2,(H,35,45)(H,36,46);7-12H,1-6H2,(H,25,31)(H,26,32)(H,33,34)(H,35,36). The summed E-state index contributed by atoms with van der Waals surface area (Å²) in [6.45, 7) is 1.36. The highest BCUT2D eigenvalue weighted by molar-refractivity contribution is 5.96. The number of carboxylic acids is 2. The zero-order chi connectivity index (χ0) is 60.3. The van der Waals surface area contributed by atoms with Crippen molar-refractivity contribution in [1.29, 1.82) is 0 Å². The molecule has 6 aromatic heterocycles. The Morgan fingerprint density at radius 3 is 1.19 bits per heavy atom. The summed E-state index contributed by atoms with van der Waals surface area (Å²) in [5.74, 6) is -2.68. The summed E-state index contributed by atoms with van der Waals surface area (Å²) in [6.07, 6.45) is 14.7. The van der Waals surface area contributed by atoms with Crippen molar-refractivity contribution in [3.63, 3.8) is 0 Å². The molecule has 4 amide bonds. The number of rotatable bonds is 36. The van der Waals surface area contributed by atoms with Gasteiger partial charge >= 0.3 is 11.9 Å². The first-order chi connectivity index (χ1) is 40.7. The van der Waals surface area contributed by atoms with E-state index in [1.54, 1.807) is 36.7 Å². The van der Waals surface area contributed by atoms with Gasteiger partial charge in [-0.05, 0) is 61.9 Å². The maximum Gasteiger partial charge on any atom is 0.303 e. The predicted molar refractivity (Wildman–Crippen MR) is 297 cm³/mol. The number of nitrogens with zero attached hydrogens (tertiary/aromatic N) is 12. The number of aliphatic hydroxyl groups is 2. The van der Waals surface area contributed by atoms with Gasteiger partial charge < -0.3 is 51.2 Å². The lowest BCUT2D eigenvalue weighted by Gasteiger charge is -2.10. The first kappa shape index (κ1) is 65.3. The Labute approximate surface area is 480 Å². The van der Waals surface area contributed by atoms with Gasteiger partial charge in [0.05, 0.1) is 68.7 Å². The number of aliphatic hydroxyl groups excluding tert-OH is 2. The van der Waals surface area contributed by atoms with Crippen LogP contribution in [0.25, 0.3) is 45.6 Å². The van der Waals surface area contributed by atoms with E-state index in [1.165, 1.54) is 37.2 Å². The molecule has 444 valence electrons. The summed E-state index contributed by atoms with van der Waals surface area (Å²) < 4.78 is 10.2. The van der Waals surface area contributed by atoms with Crippen molar-refractivity contribution >= 4 is 64.2 Å². The van der Waals surface area contributed by atoms with Gasteiger partial charge in [-0.3, -0.25) is 58.3 Å². The Morgan fingerprint density at radius 2 is 0.750 bits per heavy atom. The van der Waals surface area contributed by atoms with E-state index in [1.807, 2.05) is 0 Å². The van der Waals surface area contributed by atoms with Gasteiger partial charge in [0.25, 0.3) is 0 Å². The Balaban J connectivity index is 0.000000320. The Morgan fingerprint density at radius 1 is 0.393 bits per heavy atom. The fourth-order valence-electron chi connectivity index (χ4n) is 7.56. The summed E-state index contributed by atoms with van der Waals surface area (Å²) in [6, 6.07) is 6.43. The number of hydrogen-bond acceptors (Lipinski definition) is 24. The molecule has 0 bridgehead atoms. The van der Waals surface area contributed by atoms with E-state index in [0.29, 0.717) is 96.7 Å². The molecule has 0 radical (unpaired) electrons. The second kappa shape index (κ2) is 36.8. The predicted octanol–water partition coefficient (Wildman–Crippen LogP) is 3.04. The van der Waals surface area contributed by atoms with Crippen LogP contribution in [0.1, 0.15) is 95.5 Å². The molecule has 6 heterocycles. The molecule has 0 atom stereocenters. The van der Waals surface area contributed by atoms with Crippen LogP contribution >= 0.6 is 0 Å². The molecule has 0 aromatic carbocycles. The van der Waals surface area contributed by atoms with Crippen molar-refractivity contribution in [3.8, 4) is 45.6 Å². The quantitative estimate of drug-likeness (QED) is 0.0262. The first-order valence-electron chi connectivity index (χ1n) is 26.7. The number of aliphatic carboxylic acids is 2. The van der Waals surface area contributed by atoms with Crippen LogP contribution in [0.3, 0.4) is 0 Å². The number of carboxylic acid groups (broad SMARTS) is 2. The smallest absolute Gasteiger partial charge is 0.303 e. The second-order valence-electron chi connectivity index (χ2n) is 18.1. The zero-order valence-electron chi connectivity index (χ0n) is 45.7. The molecule has 84 heavy (non-hydrogen) atoms. The number of nitrogens with one attached hydrogen (secondary N) is 4. The second-order valence-corrected chi connectivity index (χ2v) is 18.1. The van der Waals surface area contributed by atoms with E-state index in [4.69, 9.17) is 29.9 Å². The van der Waals surface area contributed by atoms with E-state index in [2.05, 4.69) is 82.0 Å². The van der Waals surface area contributed by atoms with Crippen LogP contribution < -0.4 is 21.3 Å².